The van der Waals surface area contributed by atoms with Crippen LogP contribution in [0, 0.1) is 19.8 Å². The highest BCUT2D eigenvalue weighted by atomic mass is 32.2. The average molecular weight is 298 g/mol. The molecule has 1 aromatic rings. The first kappa shape index (κ1) is 15.3. The third-order valence-electron chi connectivity index (χ3n) is 4.15. The number of hydrogen-bond acceptors (Lipinski definition) is 4. The number of nitrogen functional groups attached to an aromatic ring is 1. The minimum absolute atomic E-state index is 0.129. The maximum absolute atomic E-state index is 12.6. The molecule has 0 bridgehead atoms. The Morgan fingerprint density at radius 2 is 1.90 bits per heavy atom. The van der Waals surface area contributed by atoms with Gasteiger partial charge in [-0.15, -0.1) is 0 Å². The standard InChI is InChI=1S/C14H22N2O3S/c1-10-7-13(8-14(15)11(10)2)20(18,19)16-5-3-12(9-17)4-6-16/h7-8,12,17H,3-6,9,15H2,1-2H3. The van der Waals surface area contributed by atoms with Crippen molar-refractivity contribution in [3.8, 4) is 0 Å². The summed E-state index contributed by atoms with van der Waals surface area (Å²) in [6.45, 7) is 4.79. The zero-order chi connectivity index (χ0) is 14.9. The number of aliphatic hydroxyl groups is 1. The molecular formula is C14H22N2O3S. The molecule has 2 rings (SSSR count). The Morgan fingerprint density at radius 3 is 2.40 bits per heavy atom. The van der Waals surface area contributed by atoms with Gasteiger partial charge in [-0.25, -0.2) is 8.42 Å². The fourth-order valence-corrected chi connectivity index (χ4v) is 4.07. The molecule has 1 saturated heterocycles. The van der Waals surface area contributed by atoms with E-state index in [-0.39, 0.29) is 17.4 Å². The second-order valence-corrected chi connectivity index (χ2v) is 7.42. The van der Waals surface area contributed by atoms with Crippen LogP contribution in [0.2, 0.25) is 0 Å². The molecule has 0 aromatic heterocycles. The first-order chi connectivity index (χ1) is 9.36. The Labute approximate surface area is 120 Å². The average Bonchev–Trinajstić information content (AvgIpc) is 2.44. The predicted octanol–water partition coefficient (Wildman–Crippen LogP) is 1.28. The summed E-state index contributed by atoms with van der Waals surface area (Å²) >= 11 is 0. The fourth-order valence-electron chi connectivity index (χ4n) is 2.48. The van der Waals surface area contributed by atoms with Gasteiger partial charge in [0.2, 0.25) is 10.0 Å². The number of benzene rings is 1. The van der Waals surface area contributed by atoms with Gasteiger partial charge in [-0.1, -0.05) is 0 Å². The van der Waals surface area contributed by atoms with Crippen LogP contribution in [-0.4, -0.2) is 37.5 Å². The summed E-state index contributed by atoms with van der Waals surface area (Å²) < 4.78 is 26.7. The van der Waals surface area contributed by atoms with Crippen LogP contribution in [0.4, 0.5) is 5.69 Å². The number of nitrogens with zero attached hydrogens (tertiary/aromatic N) is 1. The van der Waals surface area contributed by atoms with Gasteiger partial charge < -0.3 is 10.8 Å². The molecule has 0 saturated carbocycles. The Balaban J connectivity index is 2.27. The third kappa shape index (κ3) is 2.82. The molecular weight excluding hydrogens is 276 g/mol. The van der Waals surface area contributed by atoms with Crippen LogP contribution < -0.4 is 5.73 Å². The Bertz CT molecular complexity index is 567. The lowest BCUT2D eigenvalue weighted by Gasteiger charge is -2.30. The number of anilines is 1. The van der Waals surface area contributed by atoms with Crippen LogP contribution in [0.3, 0.4) is 0 Å². The molecule has 0 unspecified atom stereocenters. The van der Waals surface area contributed by atoms with Crippen molar-refractivity contribution in [3.05, 3.63) is 23.3 Å². The zero-order valence-corrected chi connectivity index (χ0v) is 12.8. The molecule has 1 aromatic carbocycles. The first-order valence-electron chi connectivity index (χ1n) is 6.84. The lowest BCUT2D eigenvalue weighted by Crippen LogP contribution is -2.39. The van der Waals surface area contributed by atoms with E-state index in [1.807, 2.05) is 13.8 Å². The van der Waals surface area contributed by atoms with E-state index in [0.717, 1.165) is 11.1 Å². The summed E-state index contributed by atoms with van der Waals surface area (Å²) in [5.74, 6) is 0.214. The van der Waals surface area contributed by atoms with Crippen molar-refractivity contribution < 1.29 is 13.5 Å². The highest BCUT2D eigenvalue weighted by molar-refractivity contribution is 7.89. The van der Waals surface area contributed by atoms with Crippen LogP contribution in [-0.2, 0) is 10.0 Å². The van der Waals surface area contributed by atoms with Crippen molar-refractivity contribution in [2.45, 2.75) is 31.6 Å². The summed E-state index contributed by atoms with van der Waals surface area (Å²) in [6, 6.07) is 3.22. The van der Waals surface area contributed by atoms with Crippen LogP contribution in [0.25, 0.3) is 0 Å². The number of sulfonamides is 1. The molecule has 0 radical (unpaired) electrons. The number of rotatable bonds is 3. The van der Waals surface area contributed by atoms with E-state index in [0.29, 0.717) is 31.6 Å². The molecule has 0 spiro atoms. The third-order valence-corrected chi connectivity index (χ3v) is 6.03. The summed E-state index contributed by atoms with van der Waals surface area (Å²) in [5, 5.41) is 9.12. The van der Waals surface area contributed by atoms with Crippen molar-refractivity contribution in [2.24, 2.45) is 5.92 Å². The first-order valence-corrected chi connectivity index (χ1v) is 8.28. The summed E-state index contributed by atoms with van der Waals surface area (Å²) in [4.78, 5) is 0.264. The van der Waals surface area contributed by atoms with E-state index in [4.69, 9.17) is 10.8 Å². The highest BCUT2D eigenvalue weighted by Gasteiger charge is 2.29. The minimum Gasteiger partial charge on any atom is -0.398 e. The van der Waals surface area contributed by atoms with Crippen molar-refractivity contribution in [2.75, 3.05) is 25.4 Å². The van der Waals surface area contributed by atoms with Gasteiger partial charge in [-0.2, -0.15) is 4.31 Å². The second-order valence-electron chi connectivity index (χ2n) is 5.48. The molecule has 3 N–H and O–H groups in total. The monoisotopic (exact) mass is 298 g/mol. The van der Waals surface area contributed by atoms with Crippen molar-refractivity contribution in [3.63, 3.8) is 0 Å². The van der Waals surface area contributed by atoms with Crippen LogP contribution in [0.15, 0.2) is 17.0 Å². The van der Waals surface area contributed by atoms with Crippen LogP contribution >= 0.6 is 0 Å². The highest BCUT2D eigenvalue weighted by Crippen LogP contribution is 2.27. The molecule has 20 heavy (non-hydrogen) atoms. The molecule has 112 valence electrons. The van der Waals surface area contributed by atoms with Crippen LogP contribution in [0.5, 0.6) is 0 Å². The van der Waals surface area contributed by atoms with Gasteiger partial charge >= 0.3 is 0 Å². The SMILES string of the molecule is Cc1cc(S(=O)(=O)N2CCC(CO)CC2)cc(N)c1C. The lowest BCUT2D eigenvalue weighted by atomic mass is 10.00. The molecule has 0 atom stereocenters. The largest absolute Gasteiger partial charge is 0.398 e. The van der Waals surface area contributed by atoms with Gasteiger partial charge in [0.1, 0.15) is 0 Å². The molecule has 1 aliphatic rings. The van der Waals surface area contributed by atoms with Gasteiger partial charge in [0, 0.05) is 25.4 Å². The molecule has 0 amide bonds. The molecule has 1 fully saturated rings. The number of aliphatic hydroxyl groups excluding tert-OH is 1. The minimum atomic E-state index is -3.48. The van der Waals surface area contributed by atoms with E-state index >= 15 is 0 Å². The van der Waals surface area contributed by atoms with Gasteiger partial charge in [0.05, 0.1) is 4.90 Å². The van der Waals surface area contributed by atoms with E-state index < -0.39 is 10.0 Å². The maximum atomic E-state index is 12.6. The van der Waals surface area contributed by atoms with E-state index in [9.17, 15) is 8.42 Å². The van der Waals surface area contributed by atoms with Gasteiger partial charge in [0.25, 0.3) is 0 Å². The normalized spacial score (nSPS) is 18.4. The molecule has 0 aliphatic carbocycles. The van der Waals surface area contributed by atoms with Gasteiger partial charge in [0.15, 0.2) is 0 Å². The van der Waals surface area contributed by atoms with Gasteiger partial charge in [-0.3, -0.25) is 0 Å². The Morgan fingerprint density at radius 1 is 1.30 bits per heavy atom. The number of hydrogen-bond donors (Lipinski definition) is 2. The lowest BCUT2D eigenvalue weighted by molar-refractivity contribution is 0.170. The molecule has 1 aliphatic heterocycles. The molecule has 1 heterocycles. The van der Waals surface area contributed by atoms with Crippen molar-refractivity contribution >= 4 is 15.7 Å². The van der Waals surface area contributed by atoms with Crippen molar-refractivity contribution in [1.29, 1.82) is 0 Å². The summed E-state index contributed by atoms with van der Waals surface area (Å²) in [6.07, 6.45) is 1.41. The van der Waals surface area contributed by atoms with Gasteiger partial charge in [-0.05, 0) is 55.9 Å². The Hall–Kier alpha value is -1.11. The Kier molecular flexibility index (Phi) is 4.36. The second kappa shape index (κ2) is 5.71. The number of piperidine rings is 1. The predicted molar refractivity (Wildman–Crippen MR) is 78.9 cm³/mol. The van der Waals surface area contributed by atoms with Crippen molar-refractivity contribution in [1.82, 2.24) is 4.31 Å². The quantitative estimate of drug-likeness (QED) is 0.823. The van der Waals surface area contributed by atoms with E-state index in [1.165, 1.54) is 10.4 Å². The zero-order valence-electron chi connectivity index (χ0n) is 12.0. The molecule has 6 heteroatoms. The smallest absolute Gasteiger partial charge is 0.243 e. The van der Waals surface area contributed by atoms with E-state index in [2.05, 4.69) is 0 Å². The number of nitrogens with two attached hydrogens (primary N) is 1. The van der Waals surface area contributed by atoms with E-state index in [1.54, 1.807) is 6.07 Å². The number of aryl methyl sites for hydroxylation is 1. The topological polar surface area (TPSA) is 83.6 Å². The summed E-state index contributed by atoms with van der Waals surface area (Å²) in [5.41, 5.74) is 8.19. The maximum Gasteiger partial charge on any atom is 0.243 e. The molecule has 5 nitrogen and oxygen atoms in total. The fraction of sp³-hybridized carbons (Fsp3) is 0.571. The van der Waals surface area contributed by atoms with Crippen LogP contribution in [0.1, 0.15) is 24.0 Å². The summed E-state index contributed by atoms with van der Waals surface area (Å²) in [7, 11) is -3.48.